The molecular formula is C17H32O. The normalized spacial score (nSPS) is 18.8. The summed E-state index contributed by atoms with van der Waals surface area (Å²) in [7, 11) is 0. The molecule has 0 spiro atoms. The Morgan fingerprint density at radius 2 is 1.44 bits per heavy atom. The molecule has 106 valence electrons. The van der Waals surface area contributed by atoms with Crippen LogP contribution in [-0.2, 0) is 4.79 Å². The summed E-state index contributed by atoms with van der Waals surface area (Å²) in [6, 6.07) is 0. The number of ketones is 1. The maximum atomic E-state index is 12.3. The van der Waals surface area contributed by atoms with Gasteiger partial charge in [0.15, 0.2) is 0 Å². The van der Waals surface area contributed by atoms with Crippen molar-refractivity contribution in [3.05, 3.63) is 0 Å². The average Bonchev–Trinajstić information content (AvgIpc) is 2.38. The van der Waals surface area contributed by atoms with E-state index in [1.807, 2.05) is 0 Å². The summed E-state index contributed by atoms with van der Waals surface area (Å²) in [6.07, 6.45) is 16.1. The van der Waals surface area contributed by atoms with E-state index in [2.05, 4.69) is 13.8 Å². The molecule has 1 saturated carbocycles. The van der Waals surface area contributed by atoms with Gasteiger partial charge in [-0.1, -0.05) is 71.6 Å². The van der Waals surface area contributed by atoms with Crippen LogP contribution in [0, 0.1) is 5.41 Å². The third-order valence-electron chi connectivity index (χ3n) is 4.64. The summed E-state index contributed by atoms with van der Waals surface area (Å²) < 4.78 is 0. The Morgan fingerprint density at radius 3 is 2.06 bits per heavy atom. The van der Waals surface area contributed by atoms with Crippen LogP contribution in [0.25, 0.3) is 0 Å². The summed E-state index contributed by atoms with van der Waals surface area (Å²) in [4.78, 5) is 12.3. The number of hydrogen-bond acceptors (Lipinski definition) is 1. The Bertz CT molecular complexity index is 226. The smallest absolute Gasteiger partial charge is 0.138 e. The van der Waals surface area contributed by atoms with Gasteiger partial charge in [-0.3, -0.25) is 4.79 Å². The molecule has 0 unspecified atom stereocenters. The molecule has 1 nitrogen and oxygen atoms in total. The second kappa shape index (κ2) is 8.72. The maximum absolute atomic E-state index is 12.3. The zero-order valence-electron chi connectivity index (χ0n) is 12.6. The van der Waals surface area contributed by atoms with Crippen molar-refractivity contribution in [2.45, 2.75) is 97.3 Å². The SMILES string of the molecule is CCCCCCCCCC(=O)C1(C)CCCCC1. The number of Topliss-reactive ketones (excluding diaryl/α,β-unsaturated/α-hetero) is 1. The molecule has 0 amide bonds. The minimum absolute atomic E-state index is 0.0421. The molecule has 1 aliphatic rings. The fourth-order valence-electron chi connectivity index (χ4n) is 3.16. The van der Waals surface area contributed by atoms with Crippen LogP contribution in [0.4, 0.5) is 0 Å². The van der Waals surface area contributed by atoms with Crippen molar-refractivity contribution in [2.24, 2.45) is 5.41 Å². The van der Waals surface area contributed by atoms with E-state index in [9.17, 15) is 4.79 Å². The minimum atomic E-state index is 0.0421. The van der Waals surface area contributed by atoms with Crippen molar-refractivity contribution in [1.82, 2.24) is 0 Å². The van der Waals surface area contributed by atoms with Crippen LogP contribution in [0.5, 0.6) is 0 Å². The van der Waals surface area contributed by atoms with E-state index in [-0.39, 0.29) is 5.41 Å². The first-order valence-corrected chi connectivity index (χ1v) is 8.22. The van der Waals surface area contributed by atoms with Gasteiger partial charge in [0.2, 0.25) is 0 Å². The molecule has 1 fully saturated rings. The molecule has 0 aliphatic heterocycles. The van der Waals surface area contributed by atoms with Gasteiger partial charge in [0.25, 0.3) is 0 Å². The van der Waals surface area contributed by atoms with Crippen LogP contribution in [-0.4, -0.2) is 5.78 Å². The van der Waals surface area contributed by atoms with Gasteiger partial charge in [-0.25, -0.2) is 0 Å². The quantitative estimate of drug-likeness (QED) is 0.483. The average molecular weight is 252 g/mol. The van der Waals surface area contributed by atoms with Gasteiger partial charge in [-0.05, 0) is 19.3 Å². The summed E-state index contributed by atoms with van der Waals surface area (Å²) >= 11 is 0. The molecule has 18 heavy (non-hydrogen) atoms. The molecule has 1 rings (SSSR count). The van der Waals surface area contributed by atoms with Gasteiger partial charge in [-0.2, -0.15) is 0 Å². The lowest BCUT2D eigenvalue weighted by molar-refractivity contribution is -0.129. The van der Waals surface area contributed by atoms with Gasteiger partial charge in [0.05, 0.1) is 0 Å². The van der Waals surface area contributed by atoms with Gasteiger partial charge < -0.3 is 0 Å². The summed E-state index contributed by atoms with van der Waals surface area (Å²) in [5, 5.41) is 0. The lowest BCUT2D eigenvalue weighted by atomic mass is 9.71. The summed E-state index contributed by atoms with van der Waals surface area (Å²) in [6.45, 7) is 4.46. The van der Waals surface area contributed by atoms with Crippen LogP contribution >= 0.6 is 0 Å². The molecule has 0 aromatic carbocycles. The van der Waals surface area contributed by atoms with Crippen LogP contribution in [0.1, 0.15) is 97.3 Å². The lowest BCUT2D eigenvalue weighted by Crippen LogP contribution is -2.30. The van der Waals surface area contributed by atoms with Crippen molar-refractivity contribution in [3.8, 4) is 0 Å². The highest BCUT2D eigenvalue weighted by Crippen LogP contribution is 2.37. The topological polar surface area (TPSA) is 17.1 Å². The Balaban J connectivity index is 2.05. The predicted molar refractivity (Wildman–Crippen MR) is 78.8 cm³/mol. The first-order chi connectivity index (χ1) is 8.69. The largest absolute Gasteiger partial charge is 0.299 e. The Kier molecular flexibility index (Phi) is 7.62. The molecule has 0 radical (unpaired) electrons. The predicted octanol–water partition coefficient (Wildman–Crippen LogP) is 5.67. The first kappa shape index (κ1) is 15.7. The molecule has 0 heterocycles. The third kappa shape index (κ3) is 5.54. The van der Waals surface area contributed by atoms with E-state index in [1.165, 1.54) is 57.8 Å². The van der Waals surface area contributed by atoms with Crippen molar-refractivity contribution >= 4 is 5.78 Å². The van der Waals surface area contributed by atoms with Gasteiger partial charge >= 0.3 is 0 Å². The van der Waals surface area contributed by atoms with Gasteiger partial charge in [0, 0.05) is 11.8 Å². The number of rotatable bonds is 9. The number of hydrogen-bond donors (Lipinski definition) is 0. The van der Waals surface area contributed by atoms with Crippen LogP contribution in [0.2, 0.25) is 0 Å². The van der Waals surface area contributed by atoms with Gasteiger partial charge in [-0.15, -0.1) is 0 Å². The highest BCUT2D eigenvalue weighted by Gasteiger charge is 2.33. The molecule has 0 atom stereocenters. The molecule has 0 bridgehead atoms. The summed E-state index contributed by atoms with van der Waals surface area (Å²) in [5.74, 6) is 0.552. The highest BCUT2D eigenvalue weighted by molar-refractivity contribution is 5.84. The first-order valence-electron chi connectivity index (χ1n) is 8.22. The molecule has 1 aliphatic carbocycles. The Hall–Kier alpha value is -0.330. The lowest BCUT2D eigenvalue weighted by Gasteiger charge is -2.32. The standard InChI is InChI=1S/C17H32O/c1-3-4-5-6-7-8-10-13-16(18)17(2)14-11-9-12-15-17/h3-15H2,1-2H3. The van der Waals surface area contributed by atoms with E-state index < -0.39 is 0 Å². The fraction of sp³-hybridized carbons (Fsp3) is 0.941. The monoisotopic (exact) mass is 252 g/mol. The summed E-state index contributed by atoms with van der Waals surface area (Å²) in [5.41, 5.74) is 0.0421. The Labute approximate surface area is 114 Å². The zero-order valence-corrected chi connectivity index (χ0v) is 12.6. The van der Waals surface area contributed by atoms with Crippen molar-refractivity contribution in [1.29, 1.82) is 0 Å². The van der Waals surface area contributed by atoms with E-state index >= 15 is 0 Å². The molecule has 0 saturated heterocycles. The van der Waals surface area contributed by atoms with Crippen molar-refractivity contribution < 1.29 is 4.79 Å². The molecule has 0 aromatic rings. The minimum Gasteiger partial charge on any atom is -0.299 e. The molecule has 0 aromatic heterocycles. The molecule has 0 N–H and O–H groups in total. The van der Waals surface area contributed by atoms with Crippen LogP contribution < -0.4 is 0 Å². The maximum Gasteiger partial charge on any atom is 0.138 e. The van der Waals surface area contributed by atoms with E-state index in [4.69, 9.17) is 0 Å². The van der Waals surface area contributed by atoms with Crippen molar-refractivity contribution in [2.75, 3.05) is 0 Å². The zero-order chi connectivity index (χ0) is 13.3. The number of carbonyl (C=O) groups is 1. The third-order valence-corrected chi connectivity index (χ3v) is 4.64. The van der Waals surface area contributed by atoms with Crippen molar-refractivity contribution in [3.63, 3.8) is 0 Å². The van der Waals surface area contributed by atoms with E-state index in [1.54, 1.807) is 0 Å². The van der Waals surface area contributed by atoms with E-state index in [0.717, 1.165) is 25.7 Å². The fourth-order valence-corrected chi connectivity index (χ4v) is 3.16. The molecule has 1 heteroatoms. The number of carbonyl (C=O) groups excluding carboxylic acids is 1. The number of unbranched alkanes of at least 4 members (excludes halogenated alkanes) is 6. The van der Waals surface area contributed by atoms with Gasteiger partial charge in [0.1, 0.15) is 5.78 Å². The Morgan fingerprint density at radius 1 is 0.889 bits per heavy atom. The van der Waals surface area contributed by atoms with Crippen LogP contribution in [0.3, 0.4) is 0 Å². The van der Waals surface area contributed by atoms with Crippen LogP contribution in [0.15, 0.2) is 0 Å². The van der Waals surface area contributed by atoms with E-state index in [0.29, 0.717) is 5.78 Å². The highest BCUT2D eigenvalue weighted by atomic mass is 16.1. The second-order valence-corrected chi connectivity index (χ2v) is 6.42. The molecular weight excluding hydrogens is 220 g/mol. The second-order valence-electron chi connectivity index (χ2n) is 6.42.